The molecule has 2 rings (SSSR count). The molecule has 0 amide bonds. The first kappa shape index (κ1) is 13.1. The molecular formula is C12H19BrN2O2. The smallest absolute Gasteiger partial charge is 0.169 e. The Morgan fingerprint density at radius 1 is 1.47 bits per heavy atom. The van der Waals surface area contributed by atoms with Gasteiger partial charge < -0.3 is 9.52 Å². The van der Waals surface area contributed by atoms with Crippen LogP contribution in [-0.4, -0.2) is 53.7 Å². The zero-order valence-electron chi connectivity index (χ0n) is 10.1. The second-order valence-corrected chi connectivity index (χ2v) is 5.33. The molecule has 5 heteroatoms. The third-order valence-electron chi connectivity index (χ3n) is 3.24. The van der Waals surface area contributed by atoms with E-state index < -0.39 is 0 Å². The molecule has 1 atom stereocenters. The van der Waals surface area contributed by atoms with Crippen molar-refractivity contribution >= 4 is 15.9 Å². The molecule has 0 saturated carbocycles. The summed E-state index contributed by atoms with van der Waals surface area (Å²) >= 11 is 3.32. The quantitative estimate of drug-likeness (QED) is 0.916. The Morgan fingerprint density at radius 3 is 2.88 bits per heavy atom. The van der Waals surface area contributed by atoms with Crippen LogP contribution in [0.4, 0.5) is 0 Å². The van der Waals surface area contributed by atoms with Crippen LogP contribution in [0.5, 0.6) is 0 Å². The fourth-order valence-corrected chi connectivity index (χ4v) is 2.67. The van der Waals surface area contributed by atoms with Gasteiger partial charge in [-0.1, -0.05) is 0 Å². The van der Waals surface area contributed by atoms with Crippen molar-refractivity contribution in [2.45, 2.75) is 19.5 Å². The molecule has 0 aromatic carbocycles. The minimum absolute atomic E-state index is 0.246. The highest BCUT2D eigenvalue weighted by Gasteiger charge is 2.23. The zero-order valence-corrected chi connectivity index (χ0v) is 11.7. The van der Waals surface area contributed by atoms with E-state index in [1.165, 1.54) is 0 Å². The Labute approximate surface area is 110 Å². The molecule has 1 aromatic rings. The van der Waals surface area contributed by atoms with Crippen LogP contribution in [0, 0.1) is 0 Å². The number of nitrogens with zero attached hydrogens (tertiary/aromatic N) is 2. The van der Waals surface area contributed by atoms with E-state index in [9.17, 15) is 0 Å². The summed E-state index contributed by atoms with van der Waals surface area (Å²) in [5.41, 5.74) is 0. The van der Waals surface area contributed by atoms with Crippen molar-refractivity contribution in [3.8, 4) is 0 Å². The lowest BCUT2D eigenvalue weighted by Crippen LogP contribution is -2.52. The summed E-state index contributed by atoms with van der Waals surface area (Å²) in [6.07, 6.45) is 0. The Kier molecular flexibility index (Phi) is 4.62. The van der Waals surface area contributed by atoms with E-state index in [-0.39, 0.29) is 6.61 Å². The van der Waals surface area contributed by atoms with Crippen molar-refractivity contribution in [3.63, 3.8) is 0 Å². The van der Waals surface area contributed by atoms with Gasteiger partial charge in [0.15, 0.2) is 4.67 Å². The van der Waals surface area contributed by atoms with Gasteiger partial charge in [-0.25, -0.2) is 0 Å². The maximum atomic E-state index is 8.96. The third kappa shape index (κ3) is 3.55. The molecular weight excluding hydrogens is 284 g/mol. The van der Waals surface area contributed by atoms with Gasteiger partial charge in [0.05, 0.1) is 13.2 Å². The fraction of sp³-hybridized carbons (Fsp3) is 0.667. The molecule has 1 aromatic heterocycles. The maximum Gasteiger partial charge on any atom is 0.169 e. The van der Waals surface area contributed by atoms with E-state index in [0.29, 0.717) is 6.04 Å². The Hall–Kier alpha value is -0.360. The minimum atomic E-state index is 0.246. The van der Waals surface area contributed by atoms with Gasteiger partial charge in [0.25, 0.3) is 0 Å². The van der Waals surface area contributed by atoms with Gasteiger partial charge in [0.2, 0.25) is 0 Å². The number of aliphatic hydroxyl groups excluding tert-OH is 1. The Balaban J connectivity index is 1.85. The van der Waals surface area contributed by atoms with Crippen molar-refractivity contribution < 1.29 is 9.52 Å². The first-order valence-electron chi connectivity index (χ1n) is 6.00. The average Bonchev–Trinajstić information content (AvgIpc) is 2.68. The van der Waals surface area contributed by atoms with Crippen LogP contribution in [0.2, 0.25) is 0 Å². The molecule has 4 nitrogen and oxygen atoms in total. The SMILES string of the molecule is C[C@@H]1CN(Cc2ccc(Br)o2)CCN1CCO. The molecule has 0 bridgehead atoms. The standard InChI is InChI=1S/C12H19BrN2O2/c1-10-8-14(4-5-15(10)6-7-16)9-11-2-3-12(13)17-11/h2-3,10,16H,4-9H2,1H3/t10-/m1/s1. The van der Waals surface area contributed by atoms with Gasteiger partial charge in [-0.05, 0) is 35.0 Å². The van der Waals surface area contributed by atoms with Crippen molar-refractivity contribution in [2.75, 3.05) is 32.8 Å². The summed E-state index contributed by atoms with van der Waals surface area (Å²) in [5.74, 6) is 1.000. The number of β-amino-alcohol motifs (C(OH)–C–C–N with tert-alkyl or cyclic N) is 1. The summed E-state index contributed by atoms with van der Waals surface area (Å²) in [6, 6.07) is 4.43. The van der Waals surface area contributed by atoms with E-state index in [0.717, 1.165) is 43.2 Å². The topological polar surface area (TPSA) is 39.9 Å². The highest BCUT2D eigenvalue weighted by atomic mass is 79.9. The zero-order chi connectivity index (χ0) is 12.3. The number of aliphatic hydroxyl groups is 1. The van der Waals surface area contributed by atoms with Crippen LogP contribution in [0.3, 0.4) is 0 Å². The molecule has 1 aliphatic heterocycles. The van der Waals surface area contributed by atoms with Gasteiger partial charge in [-0.15, -0.1) is 0 Å². The minimum Gasteiger partial charge on any atom is -0.453 e. The number of furan rings is 1. The second-order valence-electron chi connectivity index (χ2n) is 4.55. The molecule has 0 spiro atoms. The molecule has 17 heavy (non-hydrogen) atoms. The summed E-state index contributed by atoms with van der Waals surface area (Å²) in [4.78, 5) is 4.72. The van der Waals surface area contributed by atoms with Gasteiger partial charge in [0.1, 0.15) is 5.76 Å². The van der Waals surface area contributed by atoms with Gasteiger partial charge >= 0.3 is 0 Å². The molecule has 0 radical (unpaired) electrons. The summed E-state index contributed by atoms with van der Waals surface area (Å²) < 4.78 is 6.31. The summed E-state index contributed by atoms with van der Waals surface area (Å²) in [6.45, 7) is 7.17. The highest BCUT2D eigenvalue weighted by Crippen LogP contribution is 2.17. The van der Waals surface area contributed by atoms with Gasteiger partial charge in [0, 0.05) is 32.2 Å². The largest absolute Gasteiger partial charge is 0.453 e. The average molecular weight is 303 g/mol. The molecule has 1 saturated heterocycles. The van der Waals surface area contributed by atoms with Crippen LogP contribution in [-0.2, 0) is 6.54 Å². The van der Waals surface area contributed by atoms with Crippen molar-refractivity contribution in [3.05, 3.63) is 22.6 Å². The van der Waals surface area contributed by atoms with Crippen LogP contribution < -0.4 is 0 Å². The van der Waals surface area contributed by atoms with Gasteiger partial charge in [-0.3, -0.25) is 9.80 Å². The van der Waals surface area contributed by atoms with Crippen molar-refractivity contribution in [1.29, 1.82) is 0 Å². The normalized spacial score (nSPS) is 23.1. The third-order valence-corrected chi connectivity index (χ3v) is 3.67. The van der Waals surface area contributed by atoms with Gasteiger partial charge in [-0.2, -0.15) is 0 Å². The lowest BCUT2D eigenvalue weighted by Gasteiger charge is -2.39. The summed E-state index contributed by atoms with van der Waals surface area (Å²) in [7, 11) is 0. The van der Waals surface area contributed by atoms with Crippen LogP contribution >= 0.6 is 15.9 Å². The number of hydrogen-bond acceptors (Lipinski definition) is 4. The van der Waals surface area contributed by atoms with Crippen molar-refractivity contribution in [1.82, 2.24) is 9.80 Å². The number of halogens is 1. The molecule has 1 aliphatic rings. The Morgan fingerprint density at radius 2 is 2.29 bits per heavy atom. The number of rotatable bonds is 4. The molecule has 1 N–H and O–H groups in total. The molecule has 0 unspecified atom stereocenters. The molecule has 2 heterocycles. The number of piperazine rings is 1. The lowest BCUT2D eigenvalue weighted by atomic mass is 10.2. The van der Waals surface area contributed by atoms with Crippen LogP contribution in [0.15, 0.2) is 21.2 Å². The first-order chi connectivity index (χ1) is 8.19. The van der Waals surface area contributed by atoms with E-state index in [2.05, 4.69) is 32.7 Å². The van der Waals surface area contributed by atoms with Crippen LogP contribution in [0.25, 0.3) is 0 Å². The van der Waals surface area contributed by atoms with E-state index in [1.807, 2.05) is 12.1 Å². The molecule has 1 fully saturated rings. The molecule has 0 aliphatic carbocycles. The first-order valence-corrected chi connectivity index (χ1v) is 6.80. The second kappa shape index (κ2) is 6.00. The maximum absolute atomic E-state index is 8.96. The van der Waals surface area contributed by atoms with Crippen molar-refractivity contribution in [2.24, 2.45) is 0 Å². The predicted molar refractivity (Wildman–Crippen MR) is 69.8 cm³/mol. The van der Waals surface area contributed by atoms with Crippen LogP contribution in [0.1, 0.15) is 12.7 Å². The monoisotopic (exact) mass is 302 g/mol. The van der Waals surface area contributed by atoms with E-state index in [4.69, 9.17) is 9.52 Å². The molecule has 96 valence electrons. The van der Waals surface area contributed by atoms with E-state index >= 15 is 0 Å². The predicted octanol–water partition coefficient (Wildman–Crippen LogP) is 1.54. The Bertz CT molecular complexity index is 356. The van der Waals surface area contributed by atoms with E-state index in [1.54, 1.807) is 0 Å². The highest BCUT2D eigenvalue weighted by molar-refractivity contribution is 9.10. The fourth-order valence-electron chi connectivity index (χ4n) is 2.33. The lowest BCUT2D eigenvalue weighted by molar-refractivity contribution is 0.0612. The summed E-state index contributed by atoms with van der Waals surface area (Å²) in [5, 5.41) is 8.96. The number of hydrogen-bond donors (Lipinski definition) is 1.